The molecule has 1 N–H and O–H groups in total. The lowest BCUT2D eigenvalue weighted by atomic mass is 9.86. The average Bonchev–Trinajstić information content (AvgIpc) is 2.61. The number of benzene rings is 2. The van der Waals surface area contributed by atoms with Crippen LogP contribution in [-0.2, 0) is 5.60 Å². The smallest absolute Gasteiger partial charge is 0.0886 e. The van der Waals surface area contributed by atoms with Gasteiger partial charge in [-0.1, -0.05) is 68.4 Å². The summed E-state index contributed by atoms with van der Waals surface area (Å²) in [6, 6.07) is 18.6. The predicted octanol–water partition coefficient (Wildman–Crippen LogP) is 5.07. The number of hydrogen-bond acceptors (Lipinski definition) is 2. The van der Waals surface area contributed by atoms with Crippen molar-refractivity contribution in [1.82, 2.24) is 4.90 Å². The van der Waals surface area contributed by atoms with E-state index in [4.69, 9.17) is 0 Å². The van der Waals surface area contributed by atoms with E-state index in [0.29, 0.717) is 0 Å². The summed E-state index contributed by atoms with van der Waals surface area (Å²) >= 11 is 0. The molecule has 0 radical (unpaired) electrons. The molecule has 2 nitrogen and oxygen atoms in total. The van der Waals surface area contributed by atoms with E-state index in [-0.39, 0.29) is 0 Å². The molecule has 2 aromatic rings. The van der Waals surface area contributed by atoms with Crippen LogP contribution < -0.4 is 0 Å². The summed E-state index contributed by atoms with van der Waals surface area (Å²) in [5.74, 6) is 0. The number of aliphatic hydroxyl groups is 1. The fourth-order valence-electron chi connectivity index (χ4n) is 3.30. The van der Waals surface area contributed by atoms with Gasteiger partial charge in [-0.05, 0) is 56.0 Å². The Labute approximate surface area is 147 Å². The van der Waals surface area contributed by atoms with E-state index in [0.717, 1.165) is 55.6 Å². The molecule has 1 unspecified atom stereocenters. The van der Waals surface area contributed by atoms with Gasteiger partial charge in [0, 0.05) is 6.54 Å². The highest BCUT2D eigenvalue weighted by atomic mass is 16.3. The second kappa shape index (κ2) is 9.00. The van der Waals surface area contributed by atoms with Gasteiger partial charge in [-0.3, -0.25) is 0 Å². The maximum absolute atomic E-state index is 11.2. The molecule has 0 amide bonds. The molecule has 0 aromatic heterocycles. The van der Waals surface area contributed by atoms with Crippen molar-refractivity contribution >= 4 is 0 Å². The minimum atomic E-state index is -0.827. The molecule has 0 saturated carbocycles. The van der Waals surface area contributed by atoms with Crippen LogP contribution in [0.25, 0.3) is 11.1 Å². The van der Waals surface area contributed by atoms with Crippen molar-refractivity contribution < 1.29 is 5.11 Å². The summed E-state index contributed by atoms with van der Waals surface area (Å²) in [4.78, 5) is 2.46. The molecular formula is C22H31NO. The number of hydrogen-bond donors (Lipinski definition) is 1. The largest absolute Gasteiger partial charge is 0.385 e. The Morgan fingerprint density at radius 3 is 2.04 bits per heavy atom. The minimum absolute atomic E-state index is 0.747. The Balaban J connectivity index is 2.20. The van der Waals surface area contributed by atoms with E-state index in [1.54, 1.807) is 0 Å². The first-order valence-corrected chi connectivity index (χ1v) is 9.18. The van der Waals surface area contributed by atoms with Crippen LogP contribution in [0.2, 0.25) is 0 Å². The lowest BCUT2D eigenvalue weighted by molar-refractivity contribution is 0.0363. The normalized spacial score (nSPS) is 13.9. The van der Waals surface area contributed by atoms with Crippen LogP contribution in [0.4, 0.5) is 0 Å². The first-order chi connectivity index (χ1) is 11.6. The number of rotatable bonds is 9. The highest BCUT2D eigenvalue weighted by Gasteiger charge is 2.26. The van der Waals surface area contributed by atoms with Crippen molar-refractivity contribution in [3.63, 3.8) is 0 Å². The van der Waals surface area contributed by atoms with Gasteiger partial charge in [0.15, 0.2) is 0 Å². The molecule has 24 heavy (non-hydrogen) atoms. The Kier molecular flexibility index (Phi) is 7.01. The Hall–Kier alpha value is -1.64. The van der Waals surface area contributed by atoms with E-state index in [1.165, 1.54) is 0 Å². The van der Waals surface area contributed by atoms with E-state index in [1.807, 2.05) is 37.3 Å². The van der Waals surface area contributed by atoms with E-state index < -0.39 is 5.60 Å². The second-order valence-electron chi connectivity index (χ2n) is 6.78. The highest BCUT2D eigenvalue weighted by molar-refractivity contribution is 5.68. The van der Waals surface area contributed by atoms with Crippen molar-refractivity contribution in [2.75, 3.05) is 19.6 Å². The van der Waals surface area contributed by atoms with Gasteiger partial charge in [0.2, 0.25) is 0 Å². The Morgan fingerprint density at radius 1 is 0.833 bits per heavy atom. The van der Waals surface area contributed by atoms with Crippen LogP contribution in [-0.4, -0.2) is 29.6 Å². The van der Waals surface area contributed by atoms with Gasteiger partial charge >= 0.3 is 0 Å². The topological polar surface area (TPSA) is 23.5 Å². The van der Waals surface area contributed by atoms with Gasteiger partial charge in [-0.2, -0.15) is 0 Å². The van der Waals surface area contributed by atoms with Crippen LogP contribution in [0.1, 0.15) is 45.6 Å². The summed E-state index contributed by atoms with van der Waals surface area (Å²) in [6.07, 6.45) is 3.06. The summed E-state index contributed by atoms with van der Waals surface area (Å²) in [6.45, 7) is 9.51. The zero-order valence-corrected chi connectivity index (χ0v) is 15.3. The third-order valence-electron chi connectivity index (χ3n) is 4.59. The molecule has 0 heterocycles. The van der Waals surface area contributed by atoms with Crippen molar-refractivity contribution in [2.24, 2.45) is 0 Å². The quantitative estimate of drug-likeness (QED) is 0.695. The molecule has 2 heteroatoms. The van der Waals surface area contributed by atoms with Gasteiger partial charge < -0.3 is 10.0 Å². The molecule has 0 aliphatic heterocycles. The lowest BCUT2D eigenvalue weighted by Crippen LogP contribution is -2.33. The van der Waals surface area contributed by atoms with Crippen molar-refractivity contribution in [1.29, 1.82) is 0 Å². The zero-order chi connectivity index (χ0) is 17.4. The molecule has 0 bridgehead atoms. The maximum atomic E-state index is 11.2. The summed E-state index contributed by atoms with van der Waals surface area (Å²) in [7, 11) is 0. The van der Waals surface area contributed by atoms with Gasteiger partial charge in [-0.25, -0.2) is 0 Å². The van der Waals surface area contributed by atoms with Gasteiger partial charge in [0.05, 0.1) is 5.60 Å². The first-order valence-electron chi connectivity index (χ1n) is 9.18. The van der Waals surface area contributed by atoms with Gasteiger partial charge in [0.1, 0.15) is 0 Å². The monoisotopic (exact) mass is 325 g/mol. The van der Waals surface area contributed by atoms with Crippen LogP contribution in [0.5, 0.6) is 0 Å². The first kappa shape index (κ1) is 18.7. The lowest BCUT2D eigenvalue weighted by Gasteiger charge is -2.30. The van der Waals surface area contributed by atoms with Crippen LogP contribution in [0.3, 0.4) is 0 Å². The zero-order valence-electron chi connectivity index (χ0n) is 15.3. The molecule has 0 aliphatic rings. The Bertz CT molecular complexity index is 600. The second-order valence-corrected chi connectivity index (χ2v) is 6.78. The fourth-order valence-corrected chi connectivity index (χ4v) is 3.30. The molecule has 2 rings (SSSR count). The van der Waals surface area contributed by atoms with Crippen LogP contribution >= 0.6 is 0 Å². The molecule has 0 spiro atoms. The van der Waals surface area contributed by atoms with E-state index in [9.17, 15) is 5.11 Å². The van der Waals surface area contributed by atoms with E-state index >= 15 is 0 Å². The molecule has 2 aromatic carbocycles. The summed E-state index contributed by atoms with van der Waals surface area (Å²) < 4.78 is 0. The standard InChI is InChI=1S/C22H31NO/c1-4-16-23(17-5-2)18-15-22(3,24)21-14-10-9-13-20(21)19-11-7-6-8-12-19/h6-14,24H,4-5,15-18H2,1-3H3. The minimum Gasteiger partial charge on any atom is -0.385 e. The molecule has 0 fully saturated rings. The molecule has 130 valence electrons. The van der Waals surface area contributed by atoms with Crippen molar-refractivity contribution in [2.45, 2.75) is 45.6 Å². The number of nitrogens with zero attached hydrogens (tertiary/aromatic N) is 1. The third-order valence-corrected chi connectivity index (χ3v) is 4.59. The van der Waals surface area contributed by atoms with E-state index in [2.05, 4.69) is 43.0 Å². The highest BCUT2D eigenvalue weighted by Crippen LogP contribution is 2.33. The summed E-state index contributed by atoms with van der Waals surface area (Å²) in [5, 5.41) is 11.2. The van der Waals surface area contributed by atoms with Gasteiger partial charge in [-0.15, -0.1) is 0 Å². The average molecular weight is 325 g/mol. The Morgan fingerprint density at radius 2 is 1.42 bits per heavy atom. The SMILES string of the molecule is CCCN(CCC)CCC(C)(O)c1ccccc1-c1ccccc1. The maximum Gasteiger partial charge on any atom is 0.0886 e. The predicted molar refractivity (Wildman–Crippen MR) is 103 cm³/mol. The van der Waals surface area contributed by atoms with Crippen molar-refractivity contribution in [3.05, 3.63) is 60.2 Å². The van der Waals surface area contributed by atoms with Crippen LogP contribution in [0.15, 0.2) is 54.6 Å². The molecular weight excluding hydrogens is 294 g/mol. The van der Waals surface area contributed by atoms with Crippen LogP contribution in [0, 0.1) is 0 Å². The fraction of sp³-hybridized carbons (Fsp3) is 0.455. The van der Waals surface area contributed by atoms with Crippen molar-refractivity contribution in [3.8, 4) is 11.1 Å². The third kappa shape index (κ3) is 4.93. The molecule has 0 aliphatic carbocycles. The molecule has 1 atom stereocenters. The summed E-state index contributed by atoms with van der Waals surface area (Å²) in [5.41, 5.74) is 2.48. The van der Waals surface area contributed by atoms with Gasteiger partial charge in [0.25, 0.3) is 0 Å². The molecule has 0 saturated heterocycles.